The minimum absolute atomic E-state index is 0.0478. The number of fused-ring (bicyclic) bond motifs is 1. The summed E-state index contributed by atoms with van der Waals surface area (Å²) in [5.74, 6) is 0.607. The number of rotatable bonds is 2. The van der Waals surface area contributed by atoms with Gasteiger partial charge in [-0.05, 0) is 17.7 Å². The van der Waals surface area contributed by atoms with Crippen molar-refractivity contribution in [1.82, 2.24) is 4.90 Å². The van der Waals surface area contributed by atoms with Gasteiger partial charge in [0, 0.05) is 12.1 Å². The summed E-state index contributed by atoms with van der Waals surface area (Å²) >= 11 is 0. The Morgan fingerprint density at radius 2 is 2.24 bits per heavy atom. The van der Waals surface area contributed by atoms with E-state index in [2.05, 4.69) is 0 Å². The molecule has 0 spiro atoms. The third-order valence-corrected chi connectivity index (χ3v) is 3.35. The van der Waals surface area contributed by atoms with E-state index in [1.54, 1.807) is 13.2 Å². The number of hydrogen-bond acceptors (Lipinski definition) is 4. The van der Waals surface area contributed by atoms with Gasteiger partial charge in [-0.1, -0.05) is 0 Å². The average Bonchev–Trinajstić information content (AvgIpc) is 2.53. The largest absolute Gasteiger partial charge is 0.495 e. The van der Waals surface area contributed by atoms with Crippen LogP contribution in [0.2, 0.25) is 0 Å². The molecule has 1 fully saturated rings. The molecule has 1 aromatic rings. The molecule has 0 saturated carbocycles. The van der Waals surface area contributed by atoms with Crippen molar-refractivity contribution in [2.24, 2.45) is 0 Å². The number of nitrogens with zero attached hydrogens (tertiary/aromatic N) is 1. The molecule has 5 heteroatoms. The van der Waals surface area contributed by atoms with Crippen molar-refractivity contribution in [2.45, 2.75) is 12.6 Å². The van der Waals surface area contributed by atoms with E-state index in [1.165, 1.54) is 0 Å². The molecule has 0 unspecified atom stereocenters. The van der Waals surface area contributed by atoms with Gasteiger partial charge in [0.15, 0.2) is 0 Å². The lowest BCUT2D eigenvalue weighted by atomic mass is 10.1. The summed E-state index contributed by atoms with van der Waals surface area (Å²) in [5.41, 5.74) is 8.08. The molecule has 2 heterocycles. The highest BCUT2D eigenvalue weighted by Gasteiger charge is 2.36. The molecular weight excluding hydrogens is 220 g/mol. The highest BCUT2D eigenvalue weighted by atomic mass is 16.5. The van der Waals surface area contributed by atoms with Gasteiger partial charge in [0.1, 0.15) is 5.75 Å². The highest BCUT2D eigenvalue weighted by molar-refractivity contribution is 5.99. The van der Waals surface area contributed by atoms with E-state index in [1.807, 2.05) is 11.0 Å². The smallest absolute Gasteiger partial charge is 0.255 e. The van der Waals surface area contributed by atoms with Crippen LogP contribution in [0.15, 0.2) is 12.1 Å². The average molecular weight is 234 g/mol. The van der Waals surface area contributed by atoms with Crippen LogP contribution in [0.3, 0.4) is 0 Å². The summed E-state index contributed by atoms with van der Waals surface area (Å²) in [6, 6.07) is 3.76. The topological polar surface area (TPSA) is 64.8 Å². The normalized spacial score (nSPS) is 19.1. The zero-order chi connectivity index (χ0) is 12.0. The lowest BCUT2D eigenvalue weighted by molar-refractivity contribution is -0.0540. The van der Waals surface area contributed by atoms with Crippen molar-refractivity contribution in [3.05, 3.63) is 23.3 Å². The zero-order valence-corrected chi connectivity index (χ0v) is 9.60. The Bertz CT molecular complexity index is 483. The van der Waals surface area contributed by atoms with Crippen molar-refractivity contribution in [1.29, 1.82) is 0 Å². The second-order valence-electron chi connectivity index (χ2n) is 4.38. The van der Waals surface area contributed by atoms with Crippen molar-refractivity contribution in [2.75, 3.05) is 26.1 Å². The molecule has 0 radical (unpaired) electrons. The van der Waals surface area contributed by atoms with Crippen LogP contribution in [-0.2, 0) is 11.3 Å². The summed E-state index contributed by atoms with van der Waals surface area (Å²) in [4.78, 5) is 14.0. The first-order chi connectivity index (χ1) is 8.20. The second kappa shape index (κ2) is 3.63. The van der Waals surface area contributed by atoms with Gasteiger partial charge in [-0.15, -0.1) is 0 Å². The molecule has 90 valence electrons. The van der Waals surface area contributed by atoms with E-state index < -0.39 is 0 Å². The number of amides is 1. The number of hydrogen-bond donors (Lipinski definition) is 1. The van der Waals surface area contributed by atoms with Gasteiger partial charge in [0.2, 0.25) is 0 Å². The Morgan fingerprint density at radius 1 is 1.47 bits per heavy atom. The van der Waals surface area contributed by atoms with Crippen molar-refractivity contribution >= 4 is 11.6 Å². The minimum atomic E-state index is 0.0478. The lowest BCUT2D eigenvalue weighted by Gasteiger charge is -2.34. The van der Waals surface area contributed by atoms with Gasteiger partial charge in [0.05, 0.1) is 32.1 Å². The quantitative estimate of drug-likeness (QED) is 0.762. The first-order valence-corrected chi connectivity index (χ1v) is 5.56. The molecule has 0 aromatic heterocycles. The first-order valence-electron chi connectivity index (χ1n) is 5.56. The van der Waals surface area contributed by atoms with Gasteiger partial charge >= 0.3 is 0 Å². The molecule has 0 aliphatic carbocycles. The van der Waals surface area contributed by atoms with E-state index in [0.717, 1.165) is 5.56 Å². The molecular formula is C12H14N2O3. The van der Waals surface area contributed by atoms with Crippen molar-refractivity contribution in [3.8, 4) is 5.75 Å². The van der Waals surface area contributed by atoms with Crippen LogP contribution in [0.4, 0.5) is 5.69 Å². The molecule has 0 atom stereocenters. The van der Waals surface area contributed by atoms with Crippen LogP contribution >= 0.6 is 0 Å². The van der Waals surface area contributed by atoms with Crippen LogP contribution < -0.4 is 10.5 Å². The number of benzene rings is 1. The van der Waals surface area contributed by atoms with Crippen LogP contribution in [0.25, 0.3) is 0 Å². The van der Waals surface area contributed by atoms with E-state index >= 15 is 0 Å². The summed E-state index contributed by atoms with van der Waals surface area (Å²) in [5, 5.41) is 0. The number of carbonyl (C=O) groups excluding carboxylic acids is 1. The SMILES string of the molecule is COc1cc2c(cc1N)CN(C1COC1)C2=O. The number of anilines is 1. The summed E-state index contributed by atoms with van der Waals surface area (Å²) < 4.78 is 10.3. The standard InChI is InChI=1S/C12H14N2O3/c1-16-11-3-9-7(2-10(11)13)4-14(12(9)15)8-5-17-6-8/h2-3,8H,4-6,13H2,1H3. The molecule has 0 bridgehead atoms. The molecule has 1 saturated heterocycles. The third kappa shape index (κ3) is 1.46. The van der Waals surface area contributed by atoms with E-state index in [4.69, 9.17) is 15.2 Å². The Labute approximate surface area is 99.1 Å². The van der Waals surface area contributed by atoms with Crippen LogP contribution in [0.5, 0.6) is 5.75 Å². The van der Waals surface area contributed by atoms with Crippen LogP contribution in [0.1, 0.15) is 15.9 Å². The van der Waals surface area contributed by atoms with Gasteiger partial charge < -0.3 is 20.1 Å². The fraction of sp³-hybridized carbons (Fsp3) is 0.417. The van der Waals surface area contributed by atoms with Gasteiger partial charge in [-0.3, -0.25) is 4.79 Å². The van der Waals surface area contributed by atoms with Gasteiger partial charge in [-0.2, -0.15) is 0 Å². The van der Waals surface area contributed by atoms with Crippen molar-refractivity contribution < 1.29 is 14.3 Å². The maximum Gasteiger partial charge on any atom is 0.255 e. The summed E-state index contributed by atoms with van der Waals surface area (Å²) in [6.07, 6.45) is 0. The lowest BCUT2D eigenvalue weighted by Crippen LogP contribution is -2.48. The number of nitrogen functional groups attached to an aromatic ring is 1. The van der Waals surface area contributed by atoms with Gasteiger partial charge in [-0.25, -0.2) is 0 Å². The Morgan fingerprint density at radius 3 is 2.82 bits per heavy atom. The van der Waals surface area contributed by atoms with Crippen LogP contribution in [0, 0.1) is 0 Å². The Kier molecular flexibility index (Phi) is 2.22. The monoisotopic (exact) mass is 234 g/mol. The predicted octanol–water partition coefficient (Wildman–Crippen LogP) is 0.632. The Balaban J connectivity index is 1.96. The fourth-order valence-corrected chi connectivity index (χ4v) is 2.26. The molecule has 1 amide bonds. The first kappa shape index (κ1) is 10.4. The van der Waals surface area contributed by atoms with Crippen molar-refractivity contribution in [3.63, 3.8) is 0 Å². The molecule has 2 aliphatic rings. The summed E-state index contributed by atoms with van der Waals surface area (Å²) in [7, 11) is 1.55. The number of carbonyl (C=O) groups is 1. The number of nitrogens with two attached hydrogens (primary N) is 1. The summed E-state index contributed by atoms with van der Waals surface area (Å²) in [6.45, 7) is 1.88. The number of methoxy groups -OCH3 is 1. The van der Waals surface area contributed by atoms with Gasteiger partial charge in [0.25, 0.3) is 5.91 Å². The van der Waals surface area contributed by atoms with Crippen LogP contribution in [-0.4, -0.2) is 37.2 Å². The second-order valence-corrected chi connectivity index (χ2v) is 4.38. The third-order valence-electron chi connectivity index (χ3n) is 3.35. The number of ether oxygens (including phenoxy) is 2. The molecule has 3 rings (SSSR count). The highest BCUT2D eigenvalue weighted by Crippen LogP contribution is 2.33. The molecule has 2 aliphatic heterocycles. The maximum atomic E-state index is 12.2. The molecule has 1 aromatic carbocycles. The predicted molar refractivity (Wildman–Crippen MR) is 61.9 cm³/mol. The van der Waals surface area contributed by atoms with E-state index in [-0.39, 0.29) is 11.9 Å². The Hall–Kier alpha value is -1.75. The zero-order valence-electron chi connectivity index (χ0n) is 9.60. The molecule has 5 nitrogen and oxygen atoms in total. The molecule has 2 N–H and O–H groups in total. The van der Waals surface area contributed by atoms with E-state index in [0.29, 0.717) is 36.8 Å². The molecule has 17 heavy (non-hydrogen) atoms. The van der Waals surface area contributed by atoms with E-state index in [9.17, 15) is 4.79 Å². The maximum absolute atomic E-state index is 12.2. The fourth-order valence-electron chi connectivity index (χ4n) is 2.26. The minimum Gasteiger partial charge on any atom is -0.495 e.